The molecular formula is C19H28BrN3O2S2. The second-order valence-electron chi connectivity index (χ2n) is 7.52. The van der Waals surface area contributed by atoms with E-state index in [1.54, 1.807) is 0 Å². The van der Waals surface area contributed by atoms with Crippen molar-refractivity contribution in [2.75, 3.05) is 0 Å². The number of benzene rings is 1. The first kappa shape index (κ1) is 23.9. The molecule has 27 heavy (non-hydrogen) atoms. The highest BCUT2D eigenvalue weighted by Gasteiger charge is 2.39. The predicted molar refractivity (Wildman–Crippen MR) is 122 cm³/mol. The van der Waals surface area contributed by atoms with Crippen molar-refractivity contribution < 1.29 is 9.53 Å². The van der Waals surface area contributed by atoms with Crippen molar-refractivity contribution in [3.8, 4) is 11.3 Å². The maximum Gasteiger partial charge on any atom is 0.411 e. The van der Waals surface area contributed by atoms with Crippen LogP contribution in [-0.2, 0) is 4.74 Å². The molecule has 1 saturated heterocycles. The molecule has 0 spiro atoms. The number of amides is 1. The molecule has 1 aromatic carbocycles. The fraction of sp³-hybridized carbons (Fsp3) is 0.474. The fourth-order valence-corrected chi connectivity index (χ4v) is 3.42. The number of halogens is 1. The molecule has 8 heteroatoms. The van der Waals surface area contributed by atoms with E-state index in [0.29, 0.717) is 0 Å². The van der Waals surface area contributed by atoms with Crippen LogP contribution in [0.25, 0.3) is 11.3 Å². The van der Waals surface area contributed by atoms with Crippen LogP contribution in [0.2, 0.25) is 0 Å². The van der Waals surface area contributed by atoms with Gasteiger partial charge in [0.2, 0.25) is 0 Å². The minimum absolute atomic E-state index is 0. The van der Waals surface area contributed by atoms with Crippen molar-refractivity contribution in [3.05, 3.63) is 40.8 Å². The number of likely N-dealkylation sites (tertiary alicyclic amines) is 1. The van der Waals surface area contributed by atoms with Crippen molar-refractivity contribution >= 4 is 49.0 Å². The van der Waals surface area contributed by atoms with Gasteiger partial charge in [-0.05, 0) is 58.2 Å². The molecule has 2 heterocycles. The first-order valence-electron chi connectivity index (χ1n) is 8.57. The highest BCUT2D eigenvalue weighted by Crippen LogP contribution is 2.36. The summed E-state index contributed by atoms with van der Waals surface area (Å²) in [6.07, 6.45) is 3.38. The van der Waals surface area contributed by atoms with Crippen LogP contribution in [0, 0.1) is 0 Å². The van der Waals surface area contributed by atoms with Gasteiger partial charge in [-0.25, -0.2) is 9.78 Å². The monoisotopic (exact) mass is 473 g/mol. The second-order valence-corrected chi connectivity index (χ2v) is 8.43. The molecule has 1 amide bonds. The maximum absolute atomic E-state index is 12.6. The van der Waals surface area contributed by atoms with E-state index in [1.807, 2.05) is 56.1 Å². The Labute approximate surface area is 183 Å². The SMILES string of the molecule is C[C@H]1CC[C@@H](c2ncc(-c3ccc(Br)cc3)[nH]2)N1C(=O)OC(C)(C)C.S.S. The summed E-state index contributed by atoms with van der Waals surface area (Å²) in [5, 5.41) is 0. The normalized spacial score (nSPS) is 19.2. The van der Waals surface area contributed by atoms with E-state index >= 15 is 0 Å². The molecule has 1 N–H and O–H groups in total. The van der Waals surface area contributed by atoms with Crippen molar-refractivity contribution in [1.82, 2.24) is 14.9 Å². The smallest absolute Gasteiger partial charge is 0.411 e. The topological polar surface area (TPSA) is 58.2 Å². The first-order valence-corrected chi connectivity index (χ1v) is 9.36. The van der Waals surface area contributed by atoms with Crippen LogP contribution in [0.5, 0.6) is 0 Å². The molecule has 0 unspecified atom stereocenters. The average molecular weight is 474 g/mol. The van der Waals surface area contributed by atoms with E-state index in [0.717, 1.165) is 34.4 Å². The molecule has 2 atom stereocenters. The van der Waals surface area contributed by atoms with Crippen molar-refractivity contribution in [2.24, 2.45) is 0 Å². The number of hydrogen-bond donors (Lipinski definition) is 1. The van der Waals surface area contributed by atoms with Crippen LogP contribution in [0.1, 0.15) is 52.4 Å². The van der Waals surface area contributed by atoms with Gasteiger partial charge in [0.05, 0.1) is 17.9 Å². The lowest BCUT2D eigenvalue weighted by atomic mass is 10.2. The zero-order chi connectivity index (χ0) is 18.2. The van der Waals surface area contributed by atoms with E-state index in [4.69, 9.17) is 4.74 Å². The van der Waals surface area contributed by atoms with Crippen LogP contribution >= 0.6 is 42.9 Å². The average Bonchev–Trinajstić information content (AvgIpc) is 3.12. The molecule has 1 fully saturated rings. The quantitative estimate of drug-likeness (QED) is 0.623. The molecule has 1 aliphatic rings. The number of imidazole rings is 1. The van der Waals surface area contributed by atoms with Gasteiger partial charge >= 0.3 is 6.09 Å². The zero-order valence-corrected chi connectivity index (χ0v) is 19.6. The summed E-state index contributed by atoms with van der Waals surface area (Å²) in [5.41, 5.74) is 1.51. The fourth-order valence-electron chi connectivity index (χ4n) is 3.16. The molecule has 5 nitrogen and oxygen atoms in total. The number of H-pyrrole nitrogens is 1. The van der Waals surface area contributed by atoms with Crippen LogP contribution in [0.4, 0.5) is 4.79 Å². The molecule has 1 aromatic heterocycles. The Kier molecular flexibility index (Phi) is 8.31. The van der Waals surface area contributed by atoms with Crippen molar-refractivity contribution in [2.45, 2.75) is 58.2 Å². The summed E-state index contributed by atoms with van der Waals surface area (Å²) in [6, 6.07) is 8.13. The first-order chi connectivity index (χ1) is 11.7. The highest BCUT2D eigenvalue weighted by atomic mass is 79.9. The number of nitrogens with zero attached hydrogens (tertiary/aromatic N) is 2. The molecule has 0 bridgehead atoms. The molecule has 2 aromatic rings. The van der Waals surface area contributed by atoms with Gasteiger partial charge in [0.1, 0.15) is 11.4 Å². The molecule has 3 rings (SSSR count). The van der Waals surface area contributed by atoms with Gasteiger partial charge in [0.25, 0.3) is 0 Å². The Balaban J connectivity index is 0.00000182. The summed E-state index contributed by atoms with van der Waals surface area (Å²) in [5.74, 6) is 0.813. The Morgan fingerprint density at radius 2 is 1.85 bits per heavy atom. The molecular weight excluding hydrogens is 446 g/mol. The lowest BCUT2D eigenvalue weighted by Crippen LogP contribution is -2.40. The van der Waals surface area contributed by atoms with Gasteiger partial charge in [-0.15, -0.1) is 0 Å². The van der Waals surface area contributed by atoms with Gasteiger partial charge in [-0.3, -0.25) is 4.90 Å². The van der Waals surface area contributed by atoms with Crippen LogP contribution in [-0.4, -0.2) is 32.6 Å². The molecule has 0 radical (unpaired) electrons. The molecule has 1 aliphatic heterocycles. The molecule has 0 aliphatic carbocycles. The third-order valence-electron chi connectivity index (χ3n) is 4.34. The van der Waals surface area contributed by atoms with E-state index in [9.17, 15) is 4.79 Å². The number of hydrogen-bond acceptors (Lipinski definition) is 3. The summed E-state index contributed by atoms with van der Waals surface area (Å²) in [6.45, 7) is 7.72. The van der Waals surface area contributed by atoms with Gasteiger partial charge in [0.15, 0.2) is 0 Å². The number of carbonyl (C=O) groups is 1. The minimum atomic E-state index is -0.504. The van der Waals surface area contributed by atoms with Crippen molar-refractivity contribution in [1.29, 1.82) is 0 Å². The Morgan fingerprint density at radius 1 is 1.22 bits per heavy atom. The van der Waals surface area contributed by atoms with Gasteiger partial charge < -0.3 is 9.72 Å². The Hall–Kier alpha value is -1.12. The Bertz CT molecular complexity index is 759. The van der Waals surface area contributed by atoms with Gasteiger partial charge in [-0.2, -0.15) is 27.0 Å². The standard InChI is InChI=1S/C19H24BrN3O2.2H2S/c1-12-5-10-16(23(12)18(24)25-19(2,3)4)17-21-11-15(22-17)13-6-8-14(20)9-7-13;;/h6-9,11-12,16H,5,10H2,1-4H3,(H,21,22);2*1H2/t12-,16-;;/m0../s1. The Morgan fingerprint density at radius 3 is 2.44 bits per heavy atom. The third kappa shape index (κ3) is 5.68. The minimum Gasteiger partial charge on any atom is -0.444 e. The van der Waals surface area contributed by atoms with Crippen molar-refractivity contribution in [3.63, 3.8) is 0 Å². The highest BCUT2D eigenvalue weighted by molar-refractivity contribution is 9.10. The molecule has 0 saturated carbocycles. The van der Waals surface area contributed by atoms with Crippen LogP contribution < -0.4 is 0 Å². The predicted octanol–water partition coefficient (Wildman–Crippen LogP) is 5.53. The molecule has 150 valence electrons. The second kappa shape index (κ2) is 9.39. The van der Waals surface area contributed by atoms with Crippen LogP contribution in [0.15, 0.2) is 34.9 Å². The number of nitrogens with one attached hydrogen (secondary N) is 1. The van der Waals surface area contributed by atoms with Gasteiger partial charge in [0, 0.05) is 10.5 Å². The number of rotatable bonds is 2. The lowest BCUT2D eigenvalue weighted by molar-refractivity contribution is 0.0152. The number of aromatic amines is 1. The summed E-state index contributed by atoms with van der Waals surface area (Å²) < 4.78 is 6.63. The number of aromatic nitrogens is 2. The van der Waals surface area contributed by atoms with E-state index in [-0.39, 0.29) is 45.2 Å². The van der Waals surface area contributed by atoms with E-state index < -0.39 is 5.60 Å². The maximum atomic E-state index is 12.6. The number of ether oxygens (including phenoxy) is 1. The summed E-state index contributed by atoms with van der Waals surface area (Å²) in [4.78, 5) is 22.4. The largest absolute Gasteiger partial charge is 0.444 e. The van der Waals surface area contributed by atoms with Gasteiger partial charge in [-0.1, -0.05) is 28.1 Å². The summed E-state index contributed by atoms with van der Waals surface area (Å²) in [7, 11) is 0. The van der Waals surface area contributed by atoms with E-state index in [2.05, 4.69) is 32.8 Å². The third-order valence-corrected chi connectivity index (χ3v) is 4.87. The van der Waals surface area contributed by atoms with Crippen LogP contribution in [0.3, 0.4) is 0 Å². The summed E-state index contributed by atoms with van der Waals surface area (Å²) >= 11 is 3.45. The number of carbonyl (C=O) groups excluding carboxylic acids is 1. The lowest BCUT2D eigenvalue weighted by Gasteiger charge is -2.30. The zero-order valence-electron chi connectivity index (χ0n) is 16.0. The van der Waals surface area contributed by atoms with E-state index in [1.165, 1.54) is 0 Å².